The number of imidazole rings is 1. The maximum atomic E-state index is 12.8. The molecule has 1 amide bonds. The van der Waals surface area contributed by atoms with Crippen molar-refractivity contribution in [2.75, 3.05) is 11.9 Å². The van der Waals surface area contributed by atoms with Crippen LogP contribution >= 0.6 is 11.8 Å². The molecule has 0 aliphatic heterocycles. The third-order valence-corrected chi connectivity index (χ3v) is 4.27. The molecule has 0 aliphatic carbocycles. The van der Waals surface area contributed by atoms with Crippen molar-refractivity contribution in [1.82, 2.24) is 9.55 Å². The molecular weight excluding hydrogens is 360 g/mol. The van der Waals surface area contributed by atoms with E-state index >= 15 is 0 Å². The molecule has 1 N–H and O–H groups in total. The maximum Gasteiger partial charge on any atom is 0.291 e. The molecule has 0 radical (unpaired) electrons. The Morgan fingerprint density at radius 2 is 1.96 bits per heavy atom. The van der Waals surface area contributed by atoms with Crippen LogP contribution in [0.15, 0.2) is 53.7 Å². The zero-order valence-electron chi connectivity index (χ0n) is 14.0. The van der Waals surface area contributed by atoms with E-state index in [1.165, 1.54) is 4.57 Å². The van der Waals surface area contributed by atoms with Gasteiger partial charge in [-0.05, 0) is 55.1 Å². The molecule has 136 valence electrons. The third kappa shape index (κ3) is 4.32. The van der Waals surface area contributed by atoms with Gasteiger partial charge in [-0.25, -0.2) is 4.98 Å². The number of nitrogens with one attached hydrogen (secondary N) is 1. The van der Waals surface area contributed by atoms with Gasteiger partial charge in [-0.15, -0.1) is 0 Å². The van der Waals surface area contributed by atoms with Gasteiger partial charge in [0.1, 0.15) is 12.3 Å². The number of thioether (sulfide) groups is 1. The number of carbonyl (C=O) groups excluding carboxylic acids is 1. The molecular formula is C18H17F2N3O2S. The maximum absolute atomic E-state index is 12.8. The molecule has 8 heteroatoms. The van der Waals surface area contributed by atoms with E-state index in [0.717, 1.165) is 0 Å². The number of ether oxygens (including phenoxy) is 1. The molecule has 26 heavy (non-hydrogen) atoms. The normalized spacial score (nSPS) is 11.1. The van der Waals surface area contributed by atoms with E-state index in [4.69, 9.17) is 4.74 Å². The van der Waals surface area contributed by atoms with Crippen molar-refractivity contribution >= 4 is 34.4 Å². The second-order valence-corrected chi connectivity index (χ2v) is 6.31. The van der Waals surface area contributed by atoms with Crippen LogP contribution in [0.2, 0.25) is 0 Å². The Morgan fingerprint density at radius 3 is 2.65 bits per heavy atom. The predicted octanol–water partition coefficient (Wildman–Crippen LogP) is 4.39. The van der Waals surface area contributed by atoms with Crippen LogP contribution < -0.4 is 10.1 Å². The summed E-state index contributed by atoms with van der Waals surface area (Å²) in [6.45, 7) is 2.34. The van der Waals surface area contributed by atoms with Gasteiger partial charge in [-0.3, -0.25) is 4.79 Å². The largest absolute Gasteiger partial charge is 0.494 e. The Labute approximate surface area is 153 Å². The molecule has 0 saturated heterocycles. The van der Waals surface area contributed by atoms with Crippen LogP contribution in [0.4, 0.5) is 14.5 Å². The highest BCUT2D eigenvalue weighted by molar-refractivity contribution is 7.99. The molecule has 0 spiro atoms. The number of para-hydroxylation sites is 2. The zero-order valence-corrected chi connectivity index (χ0v) is 14.8. The highest BCUT2D eigenvalue weighted by atomic mass is 32.2. The average molecular weight is 377 g/mol. The molecule has 0 aliphatic rings. The van der Waals surface area contributed by atoms with Gasteiger partial charge >= 0.3 is 0 Å². The second kappa shape index (κ2) is 8.18. The van der Waals surface area contributed by atoms with Gasteiger partial charge in [0.05, 0.1) is 17.6 Å². The number of hydrogen-bond donors (Lipinski definition) is 1. The van der Waals surface area contributed by atoms with Gasteiger partial charge in [0.2, 0.25) is 5.91 Å². The lowest BCUT2D eigenvalue weighted by molar-refractivity contribution is -0.116. The van der Waals surface area contributed by atoms with Crippen molar-refractivity contribution in [3.05, 3.63) is 48.5 Å². The van der Waals surface area contributed by atoms with Crippen LogP contribution in [0, 0.1) is 0 Å². The van der Waals surface area contributed by atoms with Crippen molar-refractivity contribution in [2.45, 2.75) is 24.4 Å². The zero-order chi connectivity index (χ0) is 18.5. The number of hydrogen-bond acceptors (Lipinski definition) is 4. The number of anilines is 1. The fourth-order valence-corrected chi connectivity index (χ4v) is 3.12. The number of halogens is 2. The first kappa shape index (κ1) is 18.2. The first-order chi connectivity index (χ1) is 12.6. The Balaban J connectivity index is 1.77. The van der Waals surface area contributed by atoms with Gasteiger partial charge < -0.3 is 14.6 Å². The summed E-state index contributed by atoms with van der Waals surface area (Å²) in [5.74, 6) is -2.23. The minimum Gasteiger partial charge on any atom is -0.494 e. The Kier molecular flexibility index (Phi) is 5.72. The molecule has 3 rings (SSSR count). The van der Waals surface area contributed by atoms with E-state index in [2.05, 4.69) is 10.3 Å². The van der Waals surface area contributed by atoms with Crippen LogP contribution in [-0.2, 0) is 11.3 Å². The molecule has 5 nitrogen and oxygen atoms in total. The standard InChI is InChI=1S/C18H17F2N3O2S/c1-2-25-13-9-7-12(8-10-13)21-16(24)11-23-15-6-4-3-5-14(15)22-18(23)26-17(19)20/h3-10,17H,2,11H2,1H3,(H,21,24). The highest BCUT2D eigenvalue weighted by Crippen LogP contribution is 2.28. The number of amides is 1. The van der Waals surface area contributed by atoms with Crippen LogP contribution in [0.25, 0.3) is 11.0 Å². The molecule has 0 bridgehead atoms. The van der Waals surface area contributed by atoms with Crippen molar-refractivity contribution in [2.24, 2.45) is 0 Å². The van der Waals surface area contributed by atoms with Crippen LogP contribution in [0.5, 0.6) is 5.75 Å². The van der Waals surface area contributed by atoms with Crippen LogP contribution in [0.3, 0.4) is 0 Å². The minimum absolute atomic E-state index is 0.108. The third-order valence-electron chi connectivity index (χ3n) is 3.56. The van der Waals surface area contributed by atoms with Gasteiger partial charge in [0, 0.05) is 5.69 Å². The molecule has 2 aromatic carbocycles. The molecule has 0 saturated carbocycles. The van der Waals surface area contributed by atoms with E-state index in [9.17, 15) is 13.6 Å². The number of aromatic nitrogens is 2. The highest BCUT2D eigenvalue weighted by Gasteiger charge is 2.17. The fourth-order valence-electron chi connectivity index (χ4n) is 2.52. The van der Waals surface area contributed by atoms with Crippen molar-refractivity contribution in [3.8, 4) is 5.75 Å². The summed E-state index contributed by atoms with van der Waals surface area (Å²) < 4.78 is 32.5. The number of carbonyl (C=O) groups is 1. The number of rotatable bonds is 7. The summed E-state index contributed by atoms with van der Waals surface area (Å²) in [4.78, 5) is 16.6. The average Bonchev–Trinajstić information content (AvgIpc) is 2.93. The van der Waals surface area contributed by atoms with Crippen molar-refractivity contribution in [1.29, 1.82) is 0 Å². The van der Waals surface area contributed by atoms with E-state index in [1.807, 2.05) is 6.92 Å². The molecule has 0 fully saturated rings. The predicted molar refractivity (Wildman–Crippen MR) is 97.8 cm³/mol. The number of fused-ring (bicyclic) bond motifs is 1. The van der Waals surface area contributed by atoms with Crippen molar-refractivity contribution in [3.63, 3.8) is 0 Å². The van der Waals surface area contributed by atoms with Gasteiger partial charge in [-0.2, -0.15) is 8.78 Å². The summed E-state index contributed by atoms with van der Waals surface area (Å²) in [5, 5.41) is 2.87. The Bertz CT molecular complexity index is 897. The summed E-state index contributed by atoms with van der Waals surface area (Å²) in [5.41, 5.74) is 1.81. The second-order valence-electron chi connectivity index (χ2n) is 5.35. The first-order valence-corrected chi connectivity index (χ1v) is 8.87. The lowest BCUT2D eigenvalue weighted by atomic mass is 10.3. The van der Waals surface area contributed by atoms with Crippen LogP contribution in [-0.4, -0.2) is 27.8 Å². The van der Waals surface area contributed by atoms with E-state index in [-0.39, 0.29) is 17.6 Å². The molecule has 1 heterocycles. The van der Waals surface area contributed by atoms with E-state index in [0.29, 0.717) is 40.8 Å². The number of benzene rings is 2. The van der Waals surface area contributed by atoms with E-state index in [1.54, 1.807) is 48.5 Å². The molecule has 1 aromatic heterocycles. The Morgan fingerprint density at radius 1 is 1.23 bits per heavy atom. The lowest BCUT2D eigenvalue weighted by Gasteiger charge is -2.10. The lowest BCUT2D eigenvalue weighted by Crippen LogP contribution is -2.19. The summed E-state index contributed by atoms with van der Waals surface area (Å²) >= 11 is 0.328. The first-order valence-electron chi connectivity index (χ1n) is 7.99. The topological polar surface area (TPSA) is 56.1 Å². The van der Waals surface area contributed by atoms with Crippen molar-refractivity contribution < 1.29 is 18.3 Å². The van der Waals surface area contributed by atoms with Gasteiger partial charge in [-0.1, -0.05) is 12.1 Å². The van der Waals surface area contributed by atoms with Gasteiger partial charge in [0.25, 0.3) is 5.76 Å². The van der Waals surface area contributed by atoms with Crippen LogP contribution in [0.1, 0.15) is 6.92 Å². The summed E-state index contributed by atoms with van der Waals surface area (Å²) in [6, 6.07) is 14.0. The SMILES string of the molecule is CCOc1ccc(NC(=O)Cn2c(SC(F)F)nc3ccccc32)cc1. The quantitative estimate of drug-likeness (QED) is 0.621. The molecule has 0 unspecified atom stereocenters. The number of nitrogens with zero attached hydrogens (tertiary/aromatic N) is 2. The fraction of sp³-hybridized carbons (Fsp3) is 0.222. The minimum atomic E-state index is -2.61. The molecule has 0 atom stereocenters. The van der Waals surface area contributed by atoms with Gasteiger partial charge in [0.15, 0.2) is 5.16 Å². The smallest absolute Gasteiger partial charge is 0.291 e. The summed E-state index contributed by atoms with van der Waals surface area (Å²) in [6.07, 6.45) is 0. The van der Waals surface area contributed by atoms with E-state index < -0.39 is 5.76 Å². The Hall–Kier alpha value is -2.61. The molecule has 3 aromatic rings. The monoisotopic (exact) mass is 377 g/mol. The summed E-state index contributed by atoms with van der Waals surface area (Å²) in [7, 11) is 0. The number of alkyl halides is 2.